The van der Waals surface area contributed by atoms with Crippen LogP contribution < -0.4 is 0 Å². The van der Waals surface area contributed by atoms with Gasteiger partial charge in [-0.15, -0.1) is 0 Å². The van der Waals surface area contributed by atoms with Crippen molar-refractivity contribution in [1.82, 2.24) is 0 Å². The molecular weight excluding hydrogens is 311 g/mol. The van der Waals surface area contributed by atoms with Crippen LogP contribution >= 0.6 is 11.6 Å². The molecule has 1 unspecified atom stereocenters. The first-order chi connectivity index (χ1) is 11.2. The number of hydrogen-bond acceptors (Lipinski definition) is 2. The van der Waals surface area contributed by atoms with E-state index in [2.05, 4.69) is 10.2 Å². The lowest BCUT2D eigenvalue weighted by atomic mass is 9.58. The van der Waals surface area contributed by atoms with E-state index < -0.39 is 0 Å². The summed E-state index contributed by atoms with van der Waals surface area (Å²) >= 11 is 6.41. The van der Waals surface area contributed by atoms with Crippen molar-refractivity contribution in [2.45, 2.75) is 63.2 Å². The third-order valence-electron chi connectivity index (χ3n) is 5.84. The highest BCUT2D eigenvalue weighted by atomic mass is 35.5. The Morgan fingerprint density at radius 2 is 1.87 bits per heavy atom. The molecule has 4 rings (SSSR count). The second-order valence-electron chi connectivity index (χ2n) is 7.14. The zero-order valence-corrected chi connectivity index (χ0v) is 14.1. The topological polar surface area (TPSA) is 24.7 Å². The summed E-state index contributed by atoms with van der Waals surface area (Å²) in [6, 6.07) is 4.82. The fourth-order valence-corrected chi connectivity index (χ4v) is 4.80. The van der Waals surface area contributed by atoms with Gasteiger partial charge in [0.1, 0.15) is 5.82 Å². The minimum Gasteiger partial charge on any atom is -0.207 e. The van der Waals surface area contributed by atoms with Crippen LogP contribution in [-0.2, 0) is 5.41 Å². The number of fused-ring (bicyclic) bond motifs is 1. The van der Waals surface area contributed by atoms with Gasteiger partial charge in [0.05, 0.1) is 5.71 Å². The van der Waals surface area contributed by atoms with Gasteiger partial charge in [-0.1, -0.05) is 43.4 Å². The largest absolute Gasteiger partial charge is 0.207 e. The lowest BCUT2D eigenvalue weighted by molar-refractivity contribution is 0.330. The molecule has 0 bridgehead atoms. The zero-order chi connectivity index (χ0) is 15.9. The summed E-state index contributed by atoms with van der Waals surface area (Å²) in [4.78, 5) is 0. The number of nitrogens with zero attached hydrogens (tertiary/aromatic N) is 2. The highest BCUT2D eigenvalue weighted by Gasteiger charge is 2.49. The van der Waals surface area contributed by atoms with Crippen LogP contribution in [0, 0.1) is 11.7 Å². The van der Waals surface area contributed by atoms with Gasteiger partial charge in [0.15, 0.2) is 0 Å². The Morgan fingerprint density at radius 1 is 1.04 bits per heavy atom. The molecule has 3 aliphatic rings. The number of rotatable bonds is 2. The molecule has 0 N–H and O–H groups in total. The molecule has 2 nitrogen and oxygen atoms in total. The van der Waals surface area contributed by atoms with E-state index in [1.807, 2.05) is 6.07 Å². The van der Waals surface area contributed by atoms with Gasteiger partial charge in [-0.2, -0.15) is 10.2 Å². The van der Waals surface area contributed by atoms with E-state index in [0.29, 0.717) is 10.9 Å². The van der Waals surface area contributed by atoms with Gasteiger partial charge in [-0.3, -0.25) is 0 Å². The van der Waals surface area contributed by atoms with Gasteiger partial charge >= 0.3 is 0 Å². The molecule has 0 radical (unpaired) electrons. The fraction of sp³-hybridized carbons (Fsp3) is 0.579. The molecule has 1 atom stereocenters. The Labute approximate surface area is 141 Å². The minimum absolute atomic E-state index is 0.111. The van der Waals surface area contributed by atoms with Crippen LogP contribution in [0.1, 0.15) is 63.4 Å². The molecule has 0 saturated heterocycles. The van der Waals surface area contributed by atoms with Crippen molar-refractivity contribution in [3.8, 4) is 0 Å². The lowest BCUT2D eigenvalue weighted by Gasteiger charge is -2.45. The number of halogens is 2. The van der Waals surface area contributed by atoms with E-state index >= 15 is 0 Å². The summed E-state index contributed by atoms with van der Waals surface area (Å²) in [5.41, 5.74) is 3.40. The van der Waals surface area contributed by atoms with E-state index in [4.69, 9.17) is 11.6 Å². The SMILES string of the molecule is Fc1ccc(C2(C3=NN=C4CCCCCCC43)CCC2)c(Cl)c1. The molecule has 0 aromatic heterocycles. The van der Waals surface area contributed by atoms with Crippen molar-refractivity contribution in [2.24, 2.45) is 16.1 Å². The van der Waals surface area contributed by atoms with E-state index in [1.165, 1.54) is 55.7 Å². The maximum Gasteiger partial charge on any atom is 0.124 e. The lowest BCUT2D eigenvalue weighted by Crippen LogP contribution is -2.46. The highest BCUT2D eigenvalue weighted by Crippen LogP contribution is 2.51. The predicted octanol–water partition coefficient (Wildman–Crippen LogP) is 5.68. The normalized spacial score (nSPS) is 26.4. The summed E-state index contributed by atoms with van der Waals surface area (Å²) in [6.45, 7) is 0. The first-order valence-corrected chi connectivity index (χ1v) is 9.19. The first-order valence-electron chi connectivity index (χ1n) is 8.81. The highest BCUT2D eigenvalue weighted by molar-refractivity contribution is 6.32. The maximum atomic E-state index is 13.5. The van der Waals surface area contributed by atoms with E-state index in [1.54, 1.807) is 0 Å². The van der Waals surface area contributed by atoms with Crippen LogP contribution in [0.5, 0.6) is 0 Å². The second-order valence-corrected chi connectivity index (χ2v) is 7.55. The van der Waals surface area contributed by atoms with Crippen molar-refractivity contribution in [3.05, 3.63) is 34.6 Å². The molecule has 0 amide bonds. The number of benzene rings is 1. The molecule has 122 valence electrons. The summed E-state index contributed by atoms with van der Waals surface area (Å²) in [5.74, 6) is 0.112. The molecule has 1 aliphatic heterocycles. The molecule has 1 aromatic rings. The third-order valence-corrected chi connectivity index (χ3v) is 6.15. The van der Waals surface area contributed by atoms with Gasteiger partial charge in [-0.25, -0.2) is 4.39 Å². The van der Waals surface area contributed by atoms with E-state index in [9.17, 15) is 4.39 Å². The molecule has 2 aliphatic carbocycles. The van der Waals surface area contributed by atoms with E-state index in [-0.39, 0.29) is 11.2 Å². The third kappa shape index (κ3) is 2.53. The van der Waals surface area contributed by atoms with Crippen molar-refractivity contribution in [3.63, 3.8) is 0 Å². The Morgan fingerprint density at radius 3 is 2.61 bits per heavy atom. The van der Waals surface area contributed by atoms with Gasteiger partial charge in [0.2, 0.25) is 0 Å². The monoisotopic (exact) mass is 332 g/mol. The fourth-order valence-electron chi connectivity index (χ4n) is 4.45. The van der Waals surface area contributed by atoms with Crippen LogP contribution in [0.3, 0.4) is 0 Å². The smallest absolute Gasteiger partial charge is 0.124 e. The second kappa shape index (κ2) is 6.01. The van der Waals surface area contributed by atoms with Gasteiger partial charge in [0.25, 0.3) is 0 Å². The van der Waals surface area contributed by atoms with Crippen LogP contribution in [-0.4, -0.2) is 11.4 Å². The Bertz CT molecular complexity index is 676. The molecule has 1 heterocycles. The summed E-state index contributed by atoms with van der Waals surface area (Å²) in [6.07, 6.45) is 10.6. The first kappa shape index (κ1) is 15.3. The van der Waals surface area contributed by atoms with Gasteiger partial charge in [-0.05, 0) is 49.8 Å². The van der Waals surface area contributed by atoms with Crippen molar-refractivity contribution in [2.75, 3.05) is 0 Å². The van der Waals surface area contributed by atoms with E-state index in [0.717, 1.165) is 31.2 Å². The molecule has 4 heteroatoms. The molecular formula is C19H22ClFN2. The molecule has 2 saturated carbocycles. The van der Waals surface area contributed by atoms with Gasteiger partial charge < -0.3 is 0 Å². The Kier molecular flexibility index (Phi) is 4.00. The molecule has 2 fully saturated rings. The van der Waals surface area contributed by atoms with Crippen molar-refractivity contribution < 1.29 is 4.39 Å². The van der Waals surface area contributed by atoms with Crippen LogP contribution in [0.15, 0.2) is 28.4 Å². The quantitative estimate of drug-likeness (QED) is 0.665. The average molecular weight is 333 g/mol. The minimum atomic E-state index is -0.274. The predicted molar refractivity (Wildman–Crippen MR) is 93.0 cm³/mol. The Hall–Kier alpha value is -1.22. The maximum absolute atomic E-state index is 13.5. The van der Waals surface area contributed by atoms with Gasteiger partial charge in [0, 0.05) is 22.1 Å². The molecule has 0 spiro atoms. The Balaban J connectivity index is 1.70. The zero-order valence-electron chi connectivity index (χ0n) is 13.3. The van der Waals surface area contributed by atoms with Crippen LogP contribution in [0.4, 0.5) is 4.39 Å². The van der Waals surface area contributed by atoms with Crippen LogP contribution in [0.25, 0.3) is 0 Å². The average Bonchev–Trinajstić information content (AvgIpc) is 2.82. The summed E-state index contributed by atoms with van der Waals surface area (Å²) < 4.78 is 13.5. The number of hydrogen-bond donors (Lipinski definition) is 0. The summed E-state index contributed by atoms with van der Waals surface area (Å²) in [7, 11) is 0. The van der Waals surface area contributed by atoms with Crippen molar-refractivity contribution in [1.29, 1.82) is 0 Å². The molecule has 1 aromatic carbocycles. The standard InChI is InChI=1S/C19H22ClFN2/c20-16-12-13(21)8-9-15(16)19(10-5-11-19)18-14-6-3-1-2-4-7-17(14)22-23-18/h8-9,12,14H,1-7,10-11H2. The summed E-state index contributed by atoms with van der Waals surface area (Å²) in [5, 5.41) is 9.73. The van der Waals surface area contributed by atoms with Crippen LogP contribution in [0.2, 0.25) is 5.02 Å². The molecule has 23 heavy (non-hydrogen) atoms. The van der Waals surface area contributed by atoms with Crippen molar-refractivity contribution >= 4 is 23.0 Å².